The highest BCUT2D eigenvalue weighted by atomic mass is 16.5. The van der Waals surface area contributed by atoms with E-state index < -0.39 is 5.91 Å². The van der Waals surface area contributed by atoms with Gasteiger partial charge in [-0.25, -0.2) is 0 Å². The molecule has 3 heteroatoms. The normalized spacial score (nSPS) is 13.4. The summed E-state index contributed by atoms with van der Waals surface area (Å²) in [4.78, 5) is 11.6. The molecule has 1 saturated carbocycles. The van der Waals surface area contributed by atoms with Gasteiger partial charge in [-0.3, -0.25) is 4.79 Å². The molecule has 1 aliphatic carbocycles. The highest BCUT2D eigenvalue weighted by molar-refractivity contribution is 5.94. The Morgan fingerprint density at radius 2 is 1.77 bits per heavy atom. The summed E-state index contributed by atoms with van der Waals surface area (Å²) < 4.78 is 6.12. The number of hydrogen-bond donors (Lipinski definition) is 1. The van der Waals surface area contributed by atoms with Crippen molar-refractivity contribution >= 4 is 5.91 Å². The molecule has 0 radical (unpaired) electrons. The number of rotatable bonds is 6. The molecule has 3 aromatic rings. The molecular formula is C23H21NO2. The molecule has 0 saturated heterocycles. The predicted molar refractivity (Wildman–Crippen MR) is 103 cm³/mol. The van der Waals surface area contributed by atoms with Crippen LogP contribution in [0, 0.1) is 0 Å². The molecule has 0 aromatic heterocycles. The smallest absolute Gasteiger partial charge is 0.248 e. The van der Waals surface area contributed by atoms with Gasteiger partial charge in [0, 0.05) is 11.1 Å². The molecule has 0 bridgehead atoms. The lowest BCUT2D eigenvalue weighted by atomic mass is 9.98. The Kier molecular flexibility index (Phi) is 4.44. The first-order chi connectivity index (χ1) is 12.7. The average molecular weight is 343 g/mol. The summed E-state index contributed by atoms with van der Waals surface area (Å²) in [6, 6.07) is 23.9. The number of carbonyl (C=O) groups excluding carboxylic acids is 1. The topological polar surface area (TPSA) is 52.3 Å². The maximum atomic E-state index is 11.6. The van der Waals surface area contributed by atoms with Crippen LogP contribution in [-0.4, -0.2) is 5.91 Å². The molecule has 3 nitrogen and oxygen atoms in total. The summed E-state index contributed by atoms with van der Waals surface area (Å²) in [6.45, 7) is 0.506. The summed E-state index contributed by atoms with van der Waals surface area (Å²) >= 11 is 0. The summed E-state index contributed by atoms with van der Waals surface area (Å²) in [7, 11) is 0. The van der Waals surface area contributed by atoms with E-state index in [1.54, 1.807) is 6.07 Å². The lowest BCUT2D eigenvalue weighted by Gasteiger charge is -2.14. The second-order valence-corrected chi connectivity index (χ2v) is 6.75. The van der Waals surface area contributed by atoms with Crippen molar-refractivity contribution in [2.24, 2.45) is 5.73 Å². The van der Waals surface area contributed by atoms with Gasteiger partial charge in [0.1, 0.15) is 12.4 Å². The number of primary amides is 1. The average Bonchev–Trinajstić information content (AvgIpc) is 3.52. The fourth-order valence-electron chi connectivity index (χ4n) is 3.14. The molecule has 0 spiro atoms. The number of ether oxygens (including phenoxy) is 1. The van der Waals surface area contributed by atoms with Crippen LogP contribution >= 0.6 is 0 Å². The van der Waals surface area contributed by atoms with Crippen LogP contribution in [0.1, 0.15) is 40.2 Å². The van der Waals surface area contributed by atoms with Gasteiger partial charge in [0.05, 0.1) is 0 Å². The van der Waals surface area contributed by atoms with E-state index in [9.17, 15) is 4.79 Å². The SMILES string of the molecule is NC(=O)c1cccc(-c2cc(C3CC3)ccc2OCc2ccccc2)c1. The Hall–Kier alpha value is -3.07. The minimum atomic E-state index is -0.419. The number of amides is 1. The molecule has 0 heterocycles. The van der Waals surface area contributed by atoms with E-state index in [2.05, 4.69) is 12.1 Å². The van der Waals surface area contributed by atoms with Crippen LogP contribution in [0.4, 0.5) is 0 Å². The lowest BCUT2D eigenvalue weighted by Crippen LogP contribution is -2.10. The van der Waals surface area contributed by atoms with Crippen molar-refractivity contribution in [1.29, 1.82) is 0 Å². The first-order valence-electron chi connectivity index (χ1n) is 8.91. The van der Waals surface area contributed by atoms with Gasteiger partial charge in [0.15, 0.2) is 0 Å². The van der Waals surface area contributed by atoms with Crippen LogP contribution in [0.2, 0.25) is 0 Å². The van der Waals surface area contributed by atoms with Gasteiger partial charge in [-0.15, -0.1) is 0 Å². The third kappa shape index (κ3) is 3.62. The molecule has 3 aromatic carbocycles. The third-order valence-corrected chi connectivity index (χ3v) is 4.75. The van der Waals surface area contributed by atoms with E-state index in [-0.39, 0.29) is 0 Å². The minimum Gasteiger partial charge on any atom is -0.488 e. The van der Waals surface area contributed by atoms with Gasteiger partial charge in [0.25, 0.3) is 0 Å². The Bertz CT molecular complexity index is 930. The highest BCUT2D eigenvalue weighted by Gasteiger charge is 2.24. The zero-order chi connectivity index (χ0) is 17.9. The third-order valence-electron chi connectivity index (χ3n) is 4.75. The summed E-state index contributed by atoms with van der Waals surface area (Å²) in [5.74, 6) is 1.05. The van der Waals surface area contributed by atoms with Crippen molar-refractivity contribution in [2.45, 2.75) is 25.4 Å². The zero-order valence-corrected chi connectivity index (χ0v) is 14.5. The maximum Gasteiger partial charge on any atom is 0.248 e. The van der Waals surface area contributed by atoms with Crippen LogP contribution in [0.5, 0.6) is 5.75 Å². The second-order valence-electron chi connectivity index (χ2n) is 6.75. The van der Waals surface area contributed by atoms with Crippen LogP contribution in [0.15, 0.2) is 72.8 Å². The predicted octanol–water partition coefficient (Wildman–Crippen LogP) is 4.91. The van der Waals surface area contributed by atoms with Crippen molar-refractivity contribution < 1.29 is 9.53 Å². The van der Waals surface area contributed by atoms with Crippen molar-refractivity contribution in [2.75, 3.05) is 0 Å². The fraction of sp³-hybridized carbons (Fsp3) is 0.174. The highest BCUT2D eigenvalue weighted by Crippen LogP contribution is 2.43. The van der Waals surface area contributed by atoms with Crippen molar-refractivity contribution in [1.82, 2.24) is 0 Å². The molecule has 1 amide bonds. The molecule has 2 N–H and O–H groups in total. The van der Waals surface area contributed by atoms with Crippen LogP contribution in [0.25, 0.3) is 11.1 Å². The quantitative estimate of drug-likeness (QED) is 0.691. The second kappa shape index (κ2) is 7.04. The molecule has 1 fully saturated rings. The molecule has 26 heavy (non-hydrogen) atoms. The van der Waals surface area contributed by atoms with E-state index in [0.717, 1.165) is 22.4 Å². The van der Waals surface area contributed by atoms with Crippen molar-refractivity contribution in [3.63, 3.8) is 0 Å². The largest absolute Gasteiger partial charge is 0.488 e. The summed E-state index contributed by atoms with van der Waals surface area (Å²) in [5, 5.41) is 0. The van der Waals surface area contributed by atoms with Gasteiger partial charge in [-0.05, 0) is 59.7 Å². The van der Waals surface area contributed by atoms with Gasteiger partial charge in [-0.1, -0.05) is 48.5 Å². The first-order valence-corrected chi connectivity index (χ1v) is 8.91. The molecule has 0 unspecified atom stereocenters. The van der Waals surface area contributed by atoms with E-state index in [1.807, 2.05) is 54.6 Å². The number of carbonyl (C=O) groups is 1. The molecule has 4 rings (SSSR count). The minimum absolute atomic E-state index is 0.419. The molecule has 130 valence electrons. The Balaban J connectivity index is 1.69. The monoisotopic (exact) mass is 343 g/mol. The number of nitrogens with two attached hydrogens (primary N) is 1. The standard InChI is InChI=1S/C23H21NO2/c24-23(25)20-8-4-7-19(13-20)21-14-18(17-9-10-17)11-12-22(21)26-15-16-5-2-1-3-6-16/h1-8,11-14,17H,9-10,15H2,(H2,24,25). The van der Waals surface area contributed by atoms with Crippen LogP contribution in [0.3, 0.4) is 0 Å². The molecular weight excluding hydrogens is 322 g/mol. The van der Waals surface area contributed by atoms with Gasteiger partial charge < -0.3 is 10.5 Å². The fourth-order valence-corrected chi connectivity index (χ4v) is 3.14. The Morgan fingerprint density at radius 3 is 2.50 bits per heavy atom. The van der Waals surface area contributed by atoms with Gasteiger partial charge in [-0.2, -0.15) is 0 Å². The Morgan fingerprint density at radius 1 is 0.962 bits per heavy atom. The zero-order valence-electron chi connectivity index (χ0n) is 14.5. The number of benzene rings is 3. The van der Waals surface area contributed by atoms with Crippen LogP contribution in [-0.2, 0) is 6.61 Å². The lowest BCUT2D eigenvalue weighted by molar-refractivity contribution is 0.100. The van der Waals surface area contributed by atoms with E-state index >= 15 is 0 Å². The molecule has 1 aliphatic rings. The molecule has 0 atom stereocenters. The van der Waals surface area contributed by atoms with Gasteiger partial charge >= 0.3 is 0 Å². The maximum absolute atomic E-state index is 11.6. The summed E-state index contributed by atoms with van der Waals surface area (Å²) in [5.41, 5.74) is 10.4. The molecule has 0 aliphatic heterocycles. The van der Waals surface area contributed by atoms with Crippen molar-refractivity contribution in [3.8, 4) is 16.9 Å². The van der Waals surface area contributed by atoms with E-state index in [1.165, 1.54) is 18.4 Å². The van der Waals surface area contributed by atoms with E-state index in [0.29, 0.717) is 18.1 Å². The first kappa shape index (κ1) is 16.4. The van der Waals surface area contributed by atoms with Gasteiger partial charge in [0.2, 0.25) is 5.91 Å². The van der Waals surface area contributed by atoms with Crippen molar-refractivity contribution in [3.05, 3.63) is 89.5 Å². The Labute approximate surface area is 153 Å². The summed E-state index contributed by atoms with van der Waals surface area (Å²) in [6.07, 6.45) is 2.48. The van der Waals surface area contributed by atoms with E-state index in [4.69, 9.17) is 10.5 Å². The van der Waals surface area contributed by atoms with Crippen LogP contribution < -0.4 is 10.5 Å². The number of hydrogen-bond acceptors (Lipinski definition) is 2.